The van der Waals surface area contributed by atoms with Gasteiger partial charge in [-0.3, -0.25) is 9.69 Å². The van der Waals surface area contributed by atoms with Crippen LogP contribution in [0.3, 0.4) is 0 Å². The summed E-state index contributed by atoms with van der Waals surface area (Å²) in [6.45, 7) is 4.68. The molecule has 3 aromatic rings. The highest BCUT2D eigenvalue weighted by molar-refractivity contribution is 6.30. The van der Waals surface area contributed by atoms with Crippen LogP contribution in [0.15, 0.2) is 54.7 Å². The van der Waals surface area contributed by atoms with Gasteiger partial charge in [-0.2, -0.15) is 18.3 Å². The largest absolute Gasteiger partial charge is 0.416 e. The molecule has 1 unspecified atom stereocenters. The maximum atomic E-state index is 13.1. The molecule has 1 fully saturated rings. The highest BCUT2D eigenvalue weighted by atomic mass is 35.5. The minimum Gasteiger partial charge on any atom is -0.379 e. The van der Waals surface area contributed by atoms with E-state index in [9.17, 15) is 18.0 Å². The Hall–Kier alpha value is -2.88. The Morgan fingerprint density at radius 3 is 2.56 bits per heavy atom. The lowest BCUT2D eigenvalue weighted by Crippen LogP contribution is -2.43. The van der Waals surface area contributed by atoms with Crippen LogP contribution < -0.4 is 5.32 Å². The van der Waals surface area contributed by atoms with Crippen molar-refractivity contribution in [2.45, 2.75) is 19.1 Å². The summed E-state index contributed by atoms with van der Waals surface area (Å²) in [7, 11) is 0. The van der Waals surface area contributed by atoms with Gasteiger partial charge in [-0.05, 0) is 42.8 Å². The van der Waals surface area contributed by atoms with Gasteiger partial charge in [0, 0.05) is 24.7 Å². The van der Waals surface area contributed by atoms with Gasteiger partial charge in [0.1, 0.15) is 0 Å². The van der Waals surface area contributed by atoms with Crippen LogP contribution in [0, 0.1) is 6.92 Å². The molecule has 0 spiro atoms. The number of morpholine rings is 1. The van der Waals surface area contributed by atoms with Crippen LogP contribution in [0.25, 0.3) is 5.69 Å². The maximum Gasteiger partial charge on any atom is 0.416 e. The average Bonchev–Trinajstić information content (AvgIpc) is 3.22. The van der Waals surface area contributed by atoms with E-state index >= 15 is 0 Å². The number of nitrogens with zero attached hydrogens (tertiary/aromatic N) is 3. The van der Waals surface area contributed by atoms with Crippen molar-refractivity contribution in [1.82, 2.24) is 20.0 Å². The molecule has 1 aromatic heterocycles. The lowest BCUT2D eigenvalue weighted by atomic mass is 10.0. The highest BCUT2D eigenvalue weighted by Crippen LogP contribution is 2.30. The van der Waals surface area contributed by atoms with Crippen LogP contribution in [0.2, 0.25) is 5.02 Å². The van der Waals surface area contributed by atoms with Gasteiger partial charge in [0.25, 0.3) is 5.91 Å². The molecule has 10 heteroatoms. The van der Waals surface area contributed by atoms with Crippen molar-refractivity contribution in [3.8, 4) is 5.69 Å². The summed E-state index contributed by atoms with van der Waals surface area (Å²) < 4.78 is 46.1. The predicted molar refractivity (Wildman–Crippen MR) is 122 cm³/mol. The maximum absolute atomic E-state index is 13.1. The standard InChI is InChI=1S/C24H24ClF3N4O2/c1-16-21(14-30-32(16)20-4-2-3-18(13-20)24(26,27)28)23(33)29-15-22(31-9-11-34-12-10-31)17-5-7-19(25)8-6-17/h2-8,13-14,22H,9-12,15H2,1H3,(H,29,33). The van der Waals surface area contributed by atoms with E-state index < -0.39 is 11.7 Å². The molecule has 0 bridgehead atoms. The van der Waals surface area contributed by atoms with Crippen LogP contribution in [0.5, 0.6) is 0 Å². The fourth-order valence-electron chi connectivity index (χ4n) is 4.02. The third kappa shape index (κ3) is 5.43. The minimum atomic E-state index is -4.46. The van der Waals surface area contributed by atoms with E-state index in [-0.39, 0.29) is 17.6 Å². The Balaban J connectivity index is 1.52. The summed E-state index contributed by atoms with van der Waals surface area (Å²) in [6, 6.07) is 12.3. The summed E-state index contributed by atoms with van der Waals surface area (Å²) in [4.78, 5) is 15.2. The monoisotopic (exact) mass is 492 g/mol. The molecule has 2 heterocycles. The number of nitrogens with one attached hydrogen (secondary N) is 1. The quantitative estimate of drug-likeness (QED) is 0.544. The number of benzene rings is 2. The van der Waals surface area contributed by atoms with E-state index in [0.29, 0.717) is 36.0 Å². The van der Waals surface area contributed by atoms with Gasteiger partial charge in [0.15, 0.2) is 0 Å². The van der Waals surface area contributed by atoms with Gasteiger partial charge in [-0.25, -0.2) is 4.68 Å². The van der Waals surface area contributed by atoms with E-state index in [1.165, 1.54) is 23.0 Å². The normalized spacial score (nSPS) is 15.8. The van der Waals surface area contributed by atoms with Crippen LogP contribution in [0.1, 0.15) is 33.2 Å². The lowest BCUT2D eigenvalue weighted by Gasteiger charge is -2.35. The third-order valence-corrected chi connectivity index (χ3v) is 6.12. The number of alkyl halides is 3. The SMILES string of the molecule is Cc1c(C(=O)NCC(c2ccc(Cl)cc2)N2CCOCC2)cnn1-c1cccc(C(F)(F)F)c1. The van der Waals surface area contributed by atoms with Crippen molar-refractivity contribution >= 4 is 17.5 Å². The minimum absolute atomic E-state index is 0.0797. The fourth-order valence-corrected chi connectivity index (χ4v) is 4.15. The molecule has 1 aliphatic heterocycles. The first-order valence-corrected chi connectivity index (χ1v) is 11.2. The Morgan fingerprint density at radius 1 is 1.18 bits per heavy atom. The molecule has 1 N–H and O–H groups in total. The molecule has 6 nitrogen and oxygen atoms in total. The van der Waals surface area contributed by atoms with Gasteiger partial charge in [-0.15, -0.1) is 0 Å². The van der Waals surface area contributed by atoms with E-state index in [1.807, 2.05) is 24.3 Å². The molecular weight excluding hydrogens is 469 g/mol. The van der Waals surface area contributed by atoms with Crippen molar-refractivity contribution < 1.29 is 22.7 Å². The zero-order chi connectivity index (χ0) is 24.3. The van der Waals surface area contributed by atoms with Gasteiger partial charge >= 0.3 is 6.18 Å². The number of carbonyl (C=O) groups is 1. The Bertz CT molecular complexity index is 1140. The molecular formula is C24H24ClF3N4O2. The molecule has 4 rings (SSSR count). The molecule has 180 valence electrons. The molecule has 1 amide bonds. The van der Waals surface area contributed by atoms with Gasteiger partial charge in [0.05, 0.1) is 48.0 Å². The van der Waals surface area contributed by atoms with Gasteiger partial charge in [0.2, 0.25) is 0 Å². The number of halogens is 4. The Morgan fingerprint density at radius 2 is 1.88 bits per heavy atom. The predicted octanol–water partition coefficient (Wildman–Crippen LogP) is 4.66. The van der Waals surface area contributed by atoms with Crippen molar-refractivity contribution in [3.63, 3.8) is 0 Å². The summed E-state index contributed by atoms with van der Waals surface area (Å²) in [6.07, 6.45) is -3.09. The average molecular weight is 493 g/mol. The number of aromatic nitrogens is 2. The molecule has 1 saturated heterocycles. The van der Waals surface area contributed by atoms with Crippen molar-refractivity contribution in [1.29, 1.82) is 0 Å². The number of amides is 1. The zero-order valence-electron chi connectivity index (χ0n) is 18.5. The molecule has 0 aliphatic carbocycles. The van der Waals surface area contributed by atoms with Crippen molar-refractivity contribution in [2.24, 2.45) is 0 Å². The topological polar surface area (TPSA) is 59.4 Å². The molecule has 1 atom stereocenters. The molecule has 0 radical (unpaired) electrons. The second-order valence-corrected chi connectivity index (χ2v) is 8.47. The number of rotatable bonds is 6. The number of ether oxygens (including phenoxy) is 1. The summed E-state index contributed by atoms with van der Waals surface area (Å²) in [5.41, 5.74) is 1.23. The van der Waals surface area contributed by atoms with E-state index in [0.717, 1.165) is 30.8 Å². The van der Waals surface area contributed by atoms with Crippen LogP contribution in [0.4, 0.5) is 13.2 Å². The first kappa shape index (κ1) is 24.3. The van der Waals surface area contributed by atoms with Crippen LogP contribution in [-0.4, -0.2) is 53.4 Å². The first-order chi connectivity index (χ1) is 16.2. The molecule has 2 aromatic carbocycles. The smallest absolute Gasteiger partial charge is 0.379 e. The lowest BCUT2D eigenvalue weighted by molar-refractivity contribution is -0.137. The van der Waals surface area contributed by atoms with E-state index in [4.69, 9.17) is 16.3 Å². The Kier molecular flexibility index (Phi) is 7.25. The molecule has 0 saturated carbocycles. The second-order valence-electron chi connectivity index (χ2n) is 8.03. The summed E-state index contributed by atoms with van der Waals surface area (Å²) in [5.74, 6) is -0.344. The second kappa shape index (κ2) is 10.2. The molecule has 1 aliphatic rings. The van der Waals surface area contributed by atoms with Gasteiger partial charge < -0.3 is 10.1 Å². The van der Waals surface area contributed by atoms with E-state index in [1.54, 1.807) is 6.92 Å². The zero-order valence-corrected chi connectivity index (χ0v) is 19.2. The highest BCUT2D eigenvalue weighted by Gasteiger charge is 2.31. The summed E-state index contributed by atoms with van der Waals surface area (Å²) in [5, 5.41) is 7.76. The fraction of sp³-hybridized carbons (Fsp3) is 0.333. The Labute approximate surface area is 200 Å². The van der Waals surface area contributed by atoms with Gasteiger partial charge in [-0.1, -0.05) is 29.8 Å². The number of hydrogen-bond acceptors (Lipinski definition) is 4. The van der Waals surface area contributed by atoms with Crippen LogP contribution >= 0.6 is 11.6 Å². The summed E-state index contributed by atoms with van der Waals surface area (Å²) >= 11 is 6.04. The first-order valence-electron chi connectivity index (χ1n) is 10.8. The van der Waals surface area contributed by atoms with Crippen molar-refractivity contribution in [2.75, 3.05) is 32.8 Å². The molecule has 34 heavy (non-hydrogen) atoms. The van der Waals surface area contributed by atoms with E-state index in [2.05, 4.69) is 15.3 Å². The van der Waals surface area contributed by atoms with Crippen LogP contribution in [-0.2, 0) is 10.9 Å². The van der Waals surface area contributed by atoms with Crippen molar-refractivity contribution in [3.05, 3.63) is 82.1 Å². The third-order valence-electron chi connectivity index (χ3n) is 5.87. The number of hydrogen-bond donors (Lipinski definition) is 1. The number of carbonyl (C=O) groups excluding carboxylic acids is 1.